The van der Waals surface area contributed by atoms with Gasteiger partial charge < -0.3 is 14.8 Å². The van der Waals surface area contributed by atoms with Gasteiger partial charge in [-0.15, -0.1) is 0 Å². The van der Waals surface area contributed by atoms with E-state index in [1.807, 2.05) is 19.1 Å². The van der Waals surface area contributed by atoms with Gasteiger partial charge in [-0.25, -0.2) is 18.1 Å². The number of piperidine rings is 1. The van der Waals surface area contributed by atoms with Crippen LogP contribution in [0.15, 0.2) is 35.3 Å². The first-order valence-corrected chi connectivity index (χ1v) is 11.7. The van der Waals surface area contributed by atoms with Crippen molar-refractivity contribution in [3.05, 3.63) is 46.5 Å². The standard InChI is InChI=1S/C19H26N6O3S/c1-3-20-17-7-8-21-19(23-17)24-11-13-9-14(12-24)16(10-22-29(2,27)28)25-15(13)5-4-6-18(25)26/h4-8,13-14,16,22H,3,9-12H2,1-2H3,(H,20,21,23)/t13-,14+,16+/m1/s1. The highest BCUT2D eigenvalue weighted by atomic mass is 32.2. The molecule has 4 rings (SSSR count). The number of nitrogens with zero attached hydrogens (tertiary/aromatic N) is 4. The van der Waals surface area contributed by atoms with Crippen LogP contribution >= 0.6 is 0 Å². The number of sulfonamides is 1. The second-order valence-electron chi connectivity index (χ2n) is 7.72. The van der Waals surface area contributed by atoms with Gasteiger partial charge >= 0.3 is 0 Å². The fourth-order valence-corrected chi connectivity index (χ4v) is 4.96. The molecule has 2 aliphatic heterocycles. The fourth-order valence-electron chi connectivity index (χ4n) is 4.48. The van der Waals surface area contributed by atoms with Crippen molar-refractivity contribution in [1.82, 2.24) is 19.3 Å². The first-order valence-electron chi connectivity index (χ1n) is 9.83. The average Bonchev–Trinajstić information content (AvgIpc) is 2.68. The van der Waals surface area contributed by atoms with Gasteiger partial charge in [0.25, 0.3) is 5.56 Å². The highest BCUT2D eigenvalue weighted by Gasteiger charge is 2.41. The molecule has 0 aromatic carbocycles. The molecule has 156 valence electrons. The molecule has 2 aliphatic rings. The lowest BCUT2D eigenvalue weighted by atomic mass is 9.78. The average molecular weight is 419 g/mol. The second kappa shape index (κ2) is 7.75. The van der Waals surface area contributed by atoms with Crippen LogP contribution < -0.4 is 20.5 Å². The molecule has 2 bridgehead atoms. The van der Waals surface area contributed by atoms with Crippen LogP contribution in [0.1, 0.15) is 31.0 Å². The van der Waals surface area contributed by atoms with Crippen LogP contribution in [0.2, 0.25) is 0 Å². The summed E-state index contributed by atoms with van der Waals surface area (Å²) >= 11 is 0. The molecule has 2 aromatic rings. The third kappa shape index (κ3) is 4.13. The van der Waals surface area contributed by atoms with Crippen molar-refractivity contribution in [2.24, 2.45) is 5.92 Å². The summed E-state index contributed by atoms with van der Waals surface area (Å²) in [5.41, 5.74) is 0.859. The molecule has 10 heteroatoms. The predicted octanol–water partition coefficient (Wildman–Crippen LogP) is 0.784. The molecule has 2 aromatic heterocycles. The highest BCUT2D eigenvalue weighted by Crippen LogP contribution is 2.41. The van der Waals surface area contributed by atoms with E-state index >= 15 is 0 Å². The first kappa shape index (κ1) is 19.8. The van der Waals surface area contributed by atoms with Crippen LogP contribution in [0.3, 0.4) is 0 Å². The number of nitrogens with one attached hydrogen (secondary N) is 2. The minimum atomic E-state index is -3.36. The number of fused-ring (bicyclic) bond motifs is 4. The lowest BCUT2D eigenvalue weighted by Gasteiger charge is -2.47. The number of aromatic nitrogens is 3. The van der Waals surface area contributed by atoms with E-state index in [0.717, 1.165) is 37.3 Å². The summed E-state index contributed by atoms with van der Waals surface area (Å²) in [5.74, 6) is 1.71. The molecule has 29 heavy (non-hydrogen) atoms. The molecule has 9 nitrogen and oxygen atoms in total. The summed E-state index contributed by atoms with van der Waals surface area (Å²) in [5, 5.41) is 3.21. The van der Waals surface area contributed by atoms with Crippen LogP contribution in [-0.4, -0.2) is 55.4 Å². The molecule has 2 N–H and O–H groups in total. The van der Waals surface area contributed by atoms with Crippen molar-refractivity contribution in [2.45, 2.75) is 25.3 Å². The Hall–Kier alpha value is -2.46. The number of rotatable bonds is 6. The Morgan fingerprint density at radius 2 is 2.07 bits per heavy atom. The number of hydrogen-bond donors (Lipinski definition) is 2. The van der Waals surface area contributed by atoms with Crippen LogP contribution in [-0.2, 0) is 10.0 Å². The Kier molecular flexibility index (Phi) is 5.30. The molecule has 0 aliphatic carbocycles. The van der Waals surface area contributed by atoms with Crippen LogP contribution in [0.5, 0.6) is 0 Å². The maximum Gasteiger partial charge on any atom is 0.251 e. The van der Waals surface area contributed by atoms with Crippen molar-refractivity contribution in [3.8, 4) is 0 Å². The van der Waals surface area contributed by atoms with Crippen molar-refractivity contribution >= 4 is 21.8 Å². The molecule has 1 fully saturated rings. The topological polar surface area (TPSA) is 109 Å². The van der Waals surface area contributed by atoms with Gasteiger partial charge in [-0.1, -0.05) is 6.07 Å². The minimum Gasteiger partial charge on any atom is -0.370 e. The van der Waals surface area contributed by atoms with E-state index in [2.05, 4.69) is 24.9 Å². The van der Waals surface area contributed by atoms with E-state index in [0.29, 0.717) is 12.5 Å². The van der Waals surface area contributed by atoms with Crippen LogP contribution in [0.25, 0.3) is 0 Å². The molecule has 0 amide bonds. The smallest absolute Gasteiger partial charge is 0.251 e. The van der Waals surface area contributed by atoms with E-state index < -0.39 is 10.0 Å². The second-order valence-corrected chi connectivity index (χ2v) is 9.55. The summed E-state index contributed by atoms with van der Waals surface area (Å²) in [4.78, 5) is 23.9. The van der Waals surface area contributed by atoms with Crippen molar-refractivity contribution in [1.29, 1.82) is 0 Å². The number of pyridine rings is 1. The van der Waals surface area contributed by atoms with E-state index in [4.69, 9.17) is 0 Å². The van der Waals surface area contributed by atoms with Gasteiger partial charge in [0, 0.05) is 50.1 Å². The van der Waals surface area contributed by atoms with E-state index in [1.165, 1.54) is 0 Å². The molecular formula is C19H26N6O3S. The van der Waals surface area contributed by atoms with Crippen molar-refractivity contribution < 1.29 is 8.42 Å². The SMILES string of the molecule is CCNc1ccnc(N2C[C@H]3C[C@@H](C2)[C@H](CNS(C)(=O)=O)n2c3cccc2=O)n1. The Morgan fingerprint density at radius 1 is 1.24 bits per heavy atom. The monoisotopic (exact) mass is 418 g/mol. The maximum absolute atomic E-state index is 12.6. The fraction of sp³-hybridized carbons (Fsp3) is 0.526. The molecule has 4 heterocycles. The third-order valence-electron chi connectivity index (χ3n) is 5.64. The molecule has 0 radical (unpaired) electrons. The van der Waals surface area contributed by atoms with Gasteiger partial charge in [-0.05, 0) is 31.4 Å². The van der Waals surface area contributed by atoms with Crippen LogP contribution in [0, 0.1) is 5.92 Å². The number of anilines is 2. The van der Waals surface area contributed by atoms with E-state index in [-0.39, 0.29) is 30.0 Å². The summed E-state index contributed by atoms with van der Waals surface area (Å²) in [6, 6.07) is 6.88. The Morgan fingerprint density at radius 3 is 2.83 bits per heavy atom. The first-order chi connectivity index (χ1) is 13.9. The van der Waals surface area contributed by atoms with Gasteiger partial charge in [0.15, 0.2) is 0 Å². The lowest BCUT2D eigenvalue weighted by molar-refractivity contribution is 0.213. The zero-order chi connectivity index (χ0) is 20.6. The normalized spacial score (nSPS) is 23.5. The molecule has 0 spiro atoms. The summed E-state index contributed by atoms with van der Waals surface area (Å²) in [7, 11) is -3.36. The van der Waals surface area contributed by atoms with Gasteiger partial charge in [0.05, 0.1) is 12.3 Å². The van der Waals surface area contributed by atoms with E-state index in [9.17, 15) is 13.2 Å². The zero-order valence-corrected chi connectivity index (χ0v) is 17.4. The quantitative estimate of drug-likeness (QED) is 0.714. The Bertz CT molecular complexity index is 1050. The molecule has 3 atom stereocenters. The van der Waals surface area contributed by atoms with Gasteiger partial charge in [0.2, 0.25) is 16.0 Å². The molecular weight excluding hydrogens is 392 g/mol. The van der Waals surface area contributed by atoms with Gasteiger partial charge in [-0.3, -0.25) is 4.79 Å². The molecule has 1 saturated heterocycles. The highest BCUT2D eigenvalue weighted by molar-refractivity contribution is 7.88. The predicted molar refractivity (Wildman–Crippen MR) is 112 cm³/mol. The largest absolute Gasteiger partial charge is 0.370 e. The summed E-state index contributed by atoms with van der Waals surface area (Å²) in [6.07, 6.45) is 3.79. The zero-order valence-electron chi connectivity index (χ0n) is 16.6. The van der Waals surface area contributed by atoms with E-state index in [1.54, 1.807) is 22.9 Å². The summed E-state index contributed by atoms with van der Waals surface area (Å²) in [6.45, 7) is 4.38. The summed E-state index contributed by atoms with van der Waals surface area (Å²) < 4.78 is 27.8. The van der Waals surface area contributed by atoms with Gasteiger partial charge in [-0.2, -0.15) is 4.98 Å². The Balaban J connectivity index is 1.68. The minimum absolute atomic E-state index is 0.0867. The molecule has 0 saturated carbocycles. The maximum atomic E-state index is 12.6. The Labute approximate surface area is 170 Å². The van der Waals surface area contributed by atoms with Crippen molar-refractivity contribution in [3.63, 3.8) is 0 Å². The van der Waals surface area contributed by atoms with Crippen LogP contribution in [0.4, 0.5) is 11.8 Å². The molecule has 0 unspecified atom stereocenters. The van der Waals surface area contributed by atoms with Gasteiger partial charge in [0.1, 0.15) is 5.82 Å². The van der Waals surface area contributed by atoms with Crippen molar-refractivity contribution in [2.75, 3.05) is 42.7 Å². The number of hydrogen-bond acceptors (Lipinski definition) is 7. The third-order valence-corrected chi connectivity index (χ3v) is 6.33. The lowest BCUT2D eigenvalue weighted by Crippen LogP contribution is -2.52.